The van der Waals surface area contributed by atoms with Crippen molar-refractivity contribution >= 4 is 24.1 Å². The van der Waals surface area contributed by atoms with Gasteiger partial charge >= 0.3 is 0 Å². The lowest BCUT2D eigenvalue weighted by Crippen LogP contribution is -2.33. The molecule has 0 saturated carbocycles. The maximum Gasteiger partial charge on any atom is 0.236 e. The molecule has 0 aromatic carbocycles. The molecule has 9 nitrogen and oxygen atoms in total. The molecule has 1 aromatic rings. The second kappa shape index (κ2) is 6.37. The monoisotopic (exact) mass is 308 g/mol. The average molecular weight is 309 g/mol. The number of aromatic nitrogens is 2. The van der Waals surface area contributed by atoms with Crippen LogP contribution < -0.4 is 5.73 Å². The zero-order valence-corrected chi connectivity index (χ0v) is 11.4. The molecule has 0 amide bonds. The van der Waals surface area contributed by atoms with E-state index in [0.29, 0.717) is 0 Å². The van der Waals surface area contributed by atoms with Crippen LogP contribution in [0.15, 0.2) is 6.33 Å². The minimum Gasteiger partial charge on any atom is -0.480 e. The summed E-state index contributed by atoms with van der Waals surface area (Å²) in [6, 6.07) is 0. The van der Waals surface area contributed by atoms with E-state index >= 15 is 0 Å². The summed E-state index contributed by atoms with van der Waals surface area (Å²) < 4.78 is 11.3. The van der Waals surface area contributed by atoms with Gasteiger partial charge in [0, 0.05) is 0 Å². The highest BCUT2D eigenvalue weighted by atomic mass is 35.5. The fourth-order valence-electron chi connectivity index (χ4n) is 1.95. The quantitative estimate of drug-likeness (QED) is 0.336. The zero-order valence-electron chi connectivity index (χ0n) is 10.6. The van der Waals surface area contributed by atoms with Crippen molar-refractivity contribution in [2.45, 2.75) is 24.5 Å². The molecule has 1 aromatic heterocycles. The molecule has 2 heterocycles. The van der Waals surface area contributed by atoms with Crippen molar-refractivity contribution in [2.75, 3.05) is 19.5 Å². The number of nitrogens with zero attached hydrogens (tertiary/aromatic N) is 2. The van der Waals surface area contributed by atoms with Gasteiger partial charge in [-0.05, 0) is 0 Å². The van der Waals surface area contributed by atoms with Crippen molar-refractivity contribution in [3.63, 3.8) is 0 Å². The fraction of sp³-hybridized carbons (Fsp3) is 0.600. The highest BCUT2D eigenvalue weighted by molar-refractivity contribution is 5.94. The molecule has 10 heteroatoms. The van der Waals surface area contributed by atoms with Gasteiger partial charge in [-0.15, -0.1) is 12.4 Å². The van der Waals surface area contributed by atoms with E-state index in [-0.39, 0.29) is 29.8 Å². The van der Waals surface area contributed by atoms with Crippen LogP contribution in [0, 0.1) is 5.41 Å². The van der Waals surface area contributed by atoms with Gasteiger partial charge in [-0.1, -0.05) is 0 Å². The number of imidazole rings is 1. The van der Waals surface area contributed by atoms with Gasteiger partial charge in [0.15, 0.2) is 11.9 Å². The number of nitrogens with one attached hydrogen (secondary N) is 1. The summed E-state index contributed by atoms with van der Waals surface area (Å²) in [7, 11) is 1.31. The van der Waals surface area contributed by atoms with Crippen LogP contribution in [-0.2, 0) is 9.47 Å². The van der Waals surface area contributed by atoms with E-state index in [2.05, 4.69) is 4.98 Å². The summed E-state index contributed by atoms with van der Waals surface area (Å²) in [5.41, 5.74) is 5.91. The molecular weight excluding hydrogens is 292 g/mol. The van der Waals surface area contributed by atoms with Crippen molar-refractivity contribution in [2.24, 2.45) is 0 Å². The van der Waals surface area contributed by atoms with E-state index in [9.17, 15) is 10.2 Å². The Hall–Kier alpha value is -1.39. The van der Waals surface area contributed by atoms with Crippen LogP contribution in [0.3, 0.4) is 0 Å². The topological polar surface area (TPSA) is 147 Å². The third-order valence-electron chi connectivity index (χ3n) is 3.04. The Kier molecular flexibility index (Phi) is 5.31. The molecule has 6 N–H and O–H groups in total. The molecule has 1 aliphatic heterocycles. The van der Waals surface area contributed by atoms with Gasteiger partial charge in [-0.2, -0.15) is 0 Å². The summed E-state index contributed by atoms with van der Waals surface area (Å²) in [4.78, 5) is 3.89. The highest BCUT2D eigenvalue weighted by Crippen LogP contribution is 2.31. The third-order valence-corrected chi connectivity index (χ3v) is 3.04. The molecule has 1 fully saturated rings. The molecular formula is C10H17ClN4O5. The number of nitrogen functional groups attached to an aromatic ring is 1. The lowest BCUT2D eigenvalue weighted by atomic mass is 10.1. The van der Waals surface area contributed by atoms with E-state index in [0.717, 1.165) is 0 Å². The van der Waals surface area contributed by atoms with Gasteiger partial charge in [-0.25, -0.2) is 4.98 Å². The van der Waals surface area contributed by atoms with E-state index in [4.69, 9.17) is 25.7 Å². The zero-order chi connectivity index (χ0) is 14.2. The lowest BCUT2D eigenvalue weighted by Gasteiger charge is -2.17. The van der Waals surface area contributed by atoms with Crippen LogP contribution >= 0.6 is 12.4 Å². The molecule has 0 bridgehead atoms. The Morgan fingerprint density at radius 2 is 2.20 bits per heavy atom. The van der Waals surface area contributed by atoms with Gasteiger partial charge in [0.05, 0.1) is 20.0 Å². The van der Waals surface area contributed by atoms with Crippen molar-refractivity contribution in [3.05, 3.63) is 12.0 Å². The Labute approximate surface area is 120 Å². The Balaban J connectivity index is 0.00000200. The molecule has 0 radical (unpaired) electrons. The molecule has 1 saturated heterocycles. The number of rotatable bonds is 3. The number of halogens is 1. The van der Waals surface area contributed by atoms with Crippen LogP contribution in [0.25, 0.3) is 0 Å². The van der Waals surface area contributed by atoms with E-state index < -0.39 is 31.1 Å². The van der Waals surface area contributed by atoms with Gasteiger partial charge in [0.25, 0.3) is 0 Å². The largest absolute Gasteiger partial charge is 0.480 e. The van der Waals surface area contributed by atoms with E-state index in [1.54, 1.807) is 0 Å². The predicted molar refractivity (Wildman–Crippen MR) is 70.7 cm³/mol. The van der Waals surface area contributed by atoms with E-state index in [1.807, 2.05) is 0 Å². The van der Waals surface area contributed by atoms with Crippen molar-refractivity contribution in [1.82, 2.24) is 9.55 Å². The normalized spacial score (nSPS) is 29.0. The molecule has 0 spiro atoms. The molecule has 2 rings (SSSR count). The summed E-state index contributed by atoms with van der Waals surface area (Å²) in [6.45, 7) is -0.427. The molecule has 20 heavy (non-hydrogen) atoms. The average Bonchev–Trinajstić information content (AvgIpc) is 2.91. The van der Waals surface area contributed by atoms with Gasteiger partial charge in [0.2, 0.25) is 5.90 Å². The maximum absolute atomic E-state index is 9.87. The Morgan fingerprint density at radius 3 is 2.70 bits per heavy atom. The minimum atomic E-state index is -1.25. The highest BCUT2D eigenvalue weighted by Gasteiger charge is 2.44. The number of hydrogen-bond acceptors (Lipinski definition) is 8. The van der Waals surface area contributed by atoms with Crippen LogP contribution in [-0.4, -0.2) is 62.8 Å². The smallest absolute Gasteiger partial charge is 0.236 e. The first-order valence-electron chi connectivity index (χ1n) is 5.59. The Bertz CT molecular complexity index is 482. The number of nitrogens with two attached hydrogens (primary N) is 1. The minimum absolute atomic E-state index is 0. The third kappa shape index (κ3) is 2.58. The number of methoxy groups -OCH3 is 1. The first-order chi connectivity index (χ1) is 9.01. The number of hydrogen-bond donors (Lipinski definition) is 5. The van der Waals surface area contributed by atoms with Crippen molar-refractivity contribution < 1.29 is 24.8 Å². The number of anilines is 1. The summed E-state index contributed by atoms with van der Waals surface area (Å²) >= 11 is 0. The predicted octanol–water partition coefficient (Wildman–Crippen LogP) is -1.53. The van der Waals surface area contributed by atoms with Crippen molar-refractivity contribution in [1.29, 1.82) is 5.41 Å². The number of aliphatic hydroxyl groups is 3. The SMILES string of the molecule is COC(=N)c1ncn(C2OC(CO)C(O)C2O)c1N.Cl. The number of aliphatic hydroxyl groups excluding tert-OH is 3. The molecule has 114 valence electrons. The number of ether oxygens (including phenoxy) is 2. The van der Waals surface area contributed by atoms with Crippen LogP contribution in [0.1, 0.15) is 11.9 Å². The van der Waals surface area contributed by atoms with E-state index in [1.165, 1.54) is 18.0 Å². The fourth-order valence-corrected chi connectivity index (χ4v) is 1.95. The molecule has 4 unspecified atom stereocenters. The van der Waals surface area contributed by atoms with Gasteiger partial charge in [-0.3, -0.25) is 9.98 Å². The summed E-state index contributed by atoms with van der Waals surface area (Å²) in [6.07, 6.45) is -3.07. The van der Waals surface area contributed by atoms with Crippen LogP contribution in [0.2, 0.25) is 0 Å². The van der Waals surface area contributed by atoms with Crippen molar-refractivity contribution in [3.8, 4) is 0 Å². The van der Waals surface area contributed by atoms with Crippen LogP contribution in [0.4, 0.5) is 5.82 Å². The molecule has 0 aliphatic carbocycles. The van der Waals surface area contributed by atoms with Crippen LogP contribution in [0.5, 0.6) is 0 Å². The second-order valence-electron chi connectivity index (χ2n) is 4.15. The Morgan fingerprint density at radius 1 is 1.55 bits per heavy atom. The second-order valence-corrected chi connectivity index (χ2v) is 4.15. The summed E-state index contributed by atoms with van der Waals surface area (Å²) in [5.74, 6) is -0.148. The standard InChI is InChI=1S/C10H16N4O5.ClH/c1-18-9(12)5-8(11)14(3-13-5)10-7(17)6(16)4(2-15)19-10;/h3-4,6-7,10,12,15-17H,2,11H2,1H3;1H. The van der Waals surface area contributed by atoms with Gasteiger partial charge in [0.1, 0.15) is 24.1 Å². The molecule has 1 aliphatic rings. The molecule has 4 atom stereocenters. The summed E-state index contributed by atoms with van der Waals surface area (Å²) in [5, 5.41) is 36.0. The first kappa shape index (κ1) is 16.7. The first-order valence-corrected chi connectivity index (χ1v) is 5.59. The lowest BCUT2D eigenvalue weighted by molar-refractivity contribution is -0.0518. The maximum atomic E-state index is 9.87. The van der Waals surface area contributed by atoms with Gasteiger partial charge < -0.3 is 30.5 Å².